The molecule has 4 heteroatoms. The molecule has 0 aliphatic heterocycles. The maximum atomic E-state index is 6.15. The van der Waals surface area contributed by atoms with E-state index in [1.54, 1.807) is 13.3 Å². The van der Waals surface area contributed by atoms with Crippen LogP contribution in [0.15, 0.2) is 24.4 Å². The monoisotopic (exact) mass is 222 g/mol. The Morgan fingerprint density at radius 2 is 2.13 bits per heavy atom. The summed E-state index contributed by atoms with van der Waals surface area (Å²) >= 11 is 6.15. The smallest absolute Gasteiger partial charge is 0.216 e. The van der Waals surface area contributed by atoms with Gasteiger partial charge in [-0.3, -0.25) is 0 Å². The number of aromatic amines is 1. The molecule has 0 radical (unpaired) electrons. The number of aryl methyl sites for hydroxylation is 1. The lowest BCUT2D eigenvalue weighted by Gasteiger charge is -2.04. The normalized spacial score (nSPS) is 10.3. The number of hydrogen-bond donors (Lipinski definition) is 1. The second-order valence-electron chi connectivity index (χ2n) is 3.30. The highest BCUT2D eigenvalue weighted by Gasteiger charge is 2.10. The Balaban J connectivity index is 2.54. The molecule has 0 aliphatic carbocycles. The predicted molar refractivity (Wildman–Crippen MR) is 60.3 cm³/mol. The van der Waals surface area contributed by atoms with Crippen molar-refractivity contribution < 1.29 is 4.74 Å². The van der Waals surface area contributed by atoms with E-state index < -0.39 is 0 Å². The first-order valence-electron chi connectivity index (χ1n) is 4.56. The van der Waals surface area contributed by atoms with Crippen LogP contribution in [-0.2, 0) is 0 Å². The first-order chi connectivity index (χ1) is 7.22. The van der Waals surface area contributed by atoms with Crippen LogP contribution in [0.3, 0.4) is 0 Å². The second kappa shape index (κ2) is 3.95. The zero-order valence-electron chi connectivity index (χ0n) is 8.54. The van der Waals surface area contributed by atoms with E-state index in [1.807, 2.05) is 25.1 Å². The second-order valence-corrected chi connectivity index (χ2v) is 3.71. The minimum absolute atomic E-state index is 0.626. The number of nitrogens with zero attached hydrogens (tertiary/aromatic N) is 1. The number of hydrogen-bond acceptors (Lipinski definition) is 2. The fraction of sp³-hybridized carbons (Fsp3) is 0.182. The number of nitrogens with one attached hydrogen (secondary N) is 1. The molecule has 1 aromatic heterocycles. The van der Waals surface area contributed by atoms with E-state index in [0.717, 1.165) is 16.7 Å². The highest BCUT2D eigenvalue weighted by molar-refractivity contribution is 6.33. The van der Waals surface area contributed by atoms with Gasteiger partial charge in [0, 0.05) is 10.6 Å². The van der Waals surface area contributed by atoms with Gasteiger partial charge in [0.25, 0.3) is 0 Å². The average molecular weight is 223 g/mol. The van der Waals surface area contributed by atoms with Gasteiger partial charge in [-0.05, 0) is 18.6 Å². The van der Waals surface area contributed by atoms with Crippen LogP contribution in [0.1, 0.15) is 5.56 Å². The number of halogens is 1. The molecule has 78 valence electrons. The number of H-pyrrole nitrogens is 1. The van der Waals surface area contributed by atoms with Gasteiger partial charge in [0.15, 0.2) is 0 Å². The van der Waals surface area contributed by atoms with Gasteiger partial charge in [-0.25, -0.2) is 5.10 Å². The molecule has 0 unspecified atom stereocenters. The first-order valence-corrected chi connectivity index (χ1v) is 4.94. The molecule has 0 spiro atoms. The van der Waals surface area contributed by atoms with Crippen molar-refractivity contribution in [2.45, 2.75) is 6.92 Å². The van der Waals surface area contributed by atoms with Crippen molar-refractivity contribution in [2.75, 3.05) is 7.11 Å². The Labute approximate surface area is 93.0 Å². The zero-order valence-corrected chi connectivity index (χ0v) is 9.30. The zero-order chi connectivity index (χ0) is 10.8. The molecule has 0 fully saturated rings. The van der Waals surface area contributed by atoms with E-state index in [0.29, 0.717) is 10.9 Å². The predicted octanol–water partition coefficient (Wildman–Crippen LogP) is 3.05. The number of ether oxygens (including phenoxy) is 1. The van der Waals surface area contributed by atoms with Gasteiger partial charge < -0.3 is 4.74 Å². The van der Waals surface area contributed by atoms with Crippen molar-refractivity contribution >= 4 is 11.6 Å². The van der Waals surface area contributed by atoms with Gasteiger partial charge in [0.05, 0.1) is 18.9 Å². The van der Waals surface area contributed by atoms with Crippen LogP contribution in [0.5, 0.6) is 5.88 Å². The van der Waals surface area contributed by atoms with Gasteiger partial charge >= 0.3 is 0 Å². The molecule has 1 N–H and O–H groups in total. The van der Waals surface area contributed by atoms with Gasteiger partial charge in [-0.1, -0.05) is 23.7 Å². The topological polar surface area (TPSA) is 37.9 Å². The third-order valence-electron chi connectivity index (χ3n) is 2.22. The molecule has 0 atom stereocenters. The molecule has 0 saturated heterocycles. The molecular formula is C11H11ClN2O. The van der Waals surface area contributed by atoms with E-state index in [-0.39, 0.29) is 0 Å². The molecule has 1 aromatic carbocycles. The average Bonchev–Trinajstić information content (AvgIpc) is 2.65. The first kappa shape index (κ1) is 10.1. The Kier molecular flexibility index (Phi) is 2.64. The van der Waals surface area contributed by atoms with Crippen molar-refractivity contribution in [1.29, 1.82) is 0 Å². The standard InChI is InChI=1S/C11H11ClN2O/c1-7-3-4-8(10(12)5-7)9-6-13-14-11(9)15-2/h3-6H,1-2H3,(H,13,14). The highest BCUT2D eigenvalue weighted by Crippen LogP contribution is 2.33. The number of aromatic nitrogens is 2. The van der Waals surface area contributed by atoms with Crippen LogP contribution in [0, 0.1) is 6.92 Å². The van der Waals surface area contributed by atoms with E-state index in [4.69, 9.17) is 16.3 Å². The van der Waals surface area contributed by atoms with E-state index in [9.17, 15) is 0 Å². The lowest BCUT2D eigenvalue weighted by atomic mass is 10.1. The lowest BCUT2D eigenvalue weighted by molar-refractivity contribution is 0.398. The summed E-state index contributed by atoms with van der Waals surface area (Å²) in [7, 11) is 1.60. The van der Waals surface area contributed by atoms with Gasteiger partial charge in [-0.15, -0.1) is 0 Å². The van der Waals surface area contributed by atoms with Gasteiger partial charge in [0.1, 0.15) is 0 Å². The van der Waals surface area contributed by atoms with Crippen LogP contribution in [0.4, 0.5) is 0 Å². The molecule has 15 heavy (non-hydrogen) atoms. The van der Waals surface area contributed by atoms with E-state index in [1.165, 1.54) is 0 Å². The van der Waals surface area contributed by atoms with Crippen LogP contribution in [0.25, 0.3) is 11.1 Å². The third-order valence-corrected chi connectivity index (χ3v) is 2.54. The molecule has 2 rings (SSSR count). The number of benzene rings is 1. The van der Waals surface area contributed by atoms with Crippen molar-refractivity contribution in [3.63, 3.8) is 0 Å². The maximum absolute atomic E-state index is 6.15. The summed E-state index contributed by atoms with van der Waals surface area (Å²) < 4.78 is 5.15. The van der Waals surface area contributed by atoms with Crippen LogP contribution in [-0.4, -0.2) is 17.3 Å². The molecular weight excluding hydrogens is 212 g/mol. The molecule has 3 nitrogen and oxygen atoms in total. The summed E-state index contributed by atoms with van der Waals surface area (Å²) in [4.78, 5) is 0. The summed E-state index contributed by atoms with van der Waals surface area (Å²) in [5, 5.41) is 7.39. The SMILES string of the molecule is COc1[nH]ncc1-c1ccc(C)cc1Cl. The van der Waals surface area contributed by atoms with Gasteiger partial charge in [0.2, 0.25) is 5.88 Å². The van der Waals surface area contributed by atoms with Crippen LogP contribution in [0.2, 0.25) is 5.02 Å². The summed E-state index contributed by atoms with van der Waals surface area (Å²) in [6.45, 7) is 2.00. The lowest BCUT2D eigenvalue weighted by Crippen LogP contribution is -1.86. The largest absolute Gasteiger partial charge is 0.481 e. The molecule has 1 heterocycles. The third kappa shape index (κ3) is 1.83. The minimum atomic E-state index is 0.626. The number of rotatable bonds is 2. The Morgan fingerprint density at radius 1 is 1.33 bits per heavy atom. The van der Waals surface area contributed by atoms with Crippen molar-refractivity contribution in [2.24, 2.45) is 0 Å². The summed E-state index contributed by atoms with van der Waals surface area (Å²) in [6, 6.07) is 5.89. The van der Waals surface area contributed by atoms with E-state index >= 15 is 0 Å². The molecule has 0 aliphatic rings. The van der Waals surface area contributed by atoms with E-state index in [2.05, 4.69) is 10.2 Å². The number of methoxy groups -OCH3 is 1. The molecule has 0 saturated carbocycles. The maximum Gasteiger partial charge on any atom is 0.216 e. The summed E-state index contributed by atoms with van der Waals surface area (Å²) in [5.74, 6) is 0.626. The van der Waals surface area contributed by atoms with Crippen molar-refractivity contribution in [3.8, 4) is 17.0 Å². The summed E-state index contributed by atoms with van der Waals surface area (Å²) in [5.41, 5.74) is 2.93. The molecule has 2 aromatic rings. The minimum Gasteiger partial charge on any atom is -0.481 e. The fourth-order valence-electron chi connectivity index (χ4n) is 1.46. The highest BCUT2D eigenvalue weighted by atomic mass is 35.5. The van der Waals surface area contributed by atoms with Gasteiger partial charge in [-0.2, -0.15) is 5.10 Å². The molecule has 0 amide bonds. The quantitative estimate of drug-likeness (QED) is 0.848. The Bertz CT molecular complexity index is 479. The van der Waals surface area contributed by atoms with Crippen molar-refractivity contribution in [3.05, 3.63) is 35.0 Å². The summed E-state index contributed by atoms with van der Waals surface area (Å²) in [6.07, 6.45) is 1.70. The fourth-order valence-corrected chi connectivity index (χ4v) is 1.80. The Morgan fingerprint density at radius 3 is 2.80 bits per heavy atom. The van der Waals surface area contributed by atoms with Crippen LogP contribution >= 0.6 is 11.6 Å². The van der Waals surface area contributed by atoms with Crippen molar-refractivity contribution in [1.82, 2.24) is 10.2 Å². The Hall–Kier alpha value is -1.48. The van der Waals surface area contributed by atoms with Crippen LogP contribution < -0.4 is 4.74 Å². The molecule has 0 bridgehead atoms.